The first-order chi connectivity index (χ1) is 15.0. The molecule has 0 saturated heterocycles. The van der Waals surface area contributed by atoms with Crippen molar-refractivity contribution in [1.29, 1.82) is 0 Å². The number of furan rings is 1. The molecule has 162 valence electrons. The molecule has 3 rings (SSSR count). The molecule has 0 aliphatic rings. The first-order valence-electron chi connectivity index (χ1n) is 10.2. The van der Waals surface area contributed by atoms with Gasteiger partial charge in [0.1, 0.15) is 11.5 Å². The third kappa shape index (κ3) is 7.22. The van der Waals surface area contributed by atoms with Crippen LogP contribution in [0.5, 0.6) is 5.75 Å². The monoisotopic (exact) mass is 421 g/mol. The lowest BCUT2D eigenvalue weighted by molar-refractivity contribution is -0.114. The normalized spacial score (nSPS) is 10.5. The molecule has 0 saturated carbocycles. The van der Waals surface area contributed by atoms with Crippen LogP contribution in [0.1, 0.15) is 30.0 Å². The summed E-state index contributed by atoms with van der Waals surface area (Å²) < 4.78 is 10.9. The van der Waals surface area contributed by atoms with Gasteiger partial charge in [-0.05, 0) is 54.4 Å². The maximum Gasteiger partial charge on any atom is 0.251 e. The van der Waals surface area contributed by atoms with Crippen molar-refractivity contribution >= 4 is 23.2 Å². The first kappa shape index (κ1) is 22.0. The molecule has 1 aromatic heterocycles. The van der Waals surface area contributed by atoms with Crippen molar-refractivity contribution in [3.05, 3.63) is 78.3 Å². The van der Waals surface area contributed by atoms with E-state index in [1.165, 1.54) is 0 Å². The lowest BCUT2D eigenvalue weighted by Gasteiger charge is -2.11. The lowest BCUT2D eigenvalue weighted by Crippen LogP contribution is -2.23. The fourth-order valence-electron chi connectivity index (χ4n) is 2.73. The van der Waals surface area contributed by atoms with Gasteiger partial charge in [0.15, 0.2) is 0 Å². The van der Waals surface area contributed by atoms with Crippen LogP contribution in [0.3, 0.4) is 0 Å². The number of rotatable bonds is 10. The van der Waals surface area contributed by atoms with Crippen LogP contribution >= 0.6 is 0 Å². The van der Waals surface area contributed by atoms with Crippen molar-refractivity contribution in [3.8, 4) is 5.75 Å². The number of benzene rings is 2. The van der Waals surface area contributed by atoms with Gasteiger partial charge in [-0.25, -0.2) is 0 Å². The smallest absolute Gasteiger partial charge is 0.251 e. The van der Waals surface area contributed by atoms with Crippen LogP contribution in [0.4, 0.5) is 11.4 Å². The van der Waals surface area contributed by atoms with E-state index >= 15 is 0 Å². The molecule has 2 aromatic carbocycles. The van der Waals surface area contributed by atoms with Gasteiger partial charge in [-0.2, -0.15) is 0 Å². The van der Waals surface area contributed by atoms with Gasteiger partial charge in [0, 0.05) is 23.0 Å². The molecular weight excluding hydrogens is 394 g/mol. The van der Waals surface area contributed by atoms with E-state index in [2.05, 4.69) is 29.8 Å². The van der Waals surface area contributed by atoms with E-state index in [0.717, 1.165) is 11.4 Å². The highest BCUT2D eigenvalue weighted by Gasteiger charge is 2.08. The number of hydrogen-bond donors (Lipinski definition) is 3. The minimum atomic E-state index is -0.212. The minimum Gasteiger partial charge on any atom is -0.493 e. The lowest BCUT2D eigenvalue weighted by atomic mass is 10.2. The number of ether oxygens (including phenoxy) is 1. The SMILES string of the molecule is CC(C)COc1cccc(NCC(=O)Nc2ccc(C(=O)NCc3ccco3)cc2)c1. The van der Waals surface area contributed by atoms with Gasteiger partial charge < -0.3 is 25.1 Å². The minimum absolute atomic E-state index is 0.110. The number of amides is 2. The number of carbonyl (C=O) groups excluding carboxylic acids is 2. The van der Waals surface area contributed by atoms with Crippen LogP contribution < -0.4 is 20.7 Å². The van der Waals surface area contributed by atoms with Gasteiger partial charge in [-0.15, -0.1) is 0 Å². The molecule has 3 aromatic rings. The van der Waals surface area contributed by atoms with Crippen LogP contribution in [0.25, 0.3) is 0 Å². The highest BCUT2D eigenvalue weighted by atomic mass is 16.5. The van der Waals surface area contributed by atoms with Gasteiger partial charge in [0.25, 0.3) is 5.91 Å². The standard InChI is InChI=1S/C24H27N3O4/c1-17(2)16-31-21-6-3-5-20(13-21)25-15-23(28)27-19-10-8-18(9-11-19)24(29)26-14-22-7-4-12-30-22/h3-13,17,25H,14-16H2,1-2H3,(H,26,29)(H,27,28). The zero-order valence-electron chi connectivity index (χ0n) is 17.7. The average Bonchev–Trinajstić information content (AvgIpc) is 3.29. The van der Waals surface area contributed by atoms with E-state index < -0.39 is 0 Å². The number of carbonyl (C=O) groups is 2. The molecule has 1 heterocycles. The summed E-state index contributed by atoms with van der Waals surface area (Å²) in [6, 6.07) is 17.8. The molecule has 0 aliphatic heterocycles. The van der Waals surface area contributed by atoms with Crippen molar-refractivity contribution in [2.24, 2.45) is 5.92 Å². The quantitative estimate of drug-likeness (QED) is 0.454. The average molecular weight is 421 g/mol. The van der Waals surface area contributed by atoms with Crippen molar-refractivity contribution < 1.29 is 18.7 Å². The predicted molar refractivity (Wildman–Crippen MR) is 120 cm³/mol. The second-order valence-corrected chi connectivity index (χ2v) is 7.47. The van der Waals surface area contributed by atoms with E-state index in [1.807, 2.05) is 24.3 Å². The van der Waals surface area contributed by atoms with Gasteiger partial charge >= 0.3 is 0 Å². The van der Waals surface area contributed by atoms with E-state index in [9.17, 15) is 9.59 Å². The van der Waals surface area contributed by atoms with Crippen molar-refractivity contribution in [2.75, 3.05) is 23.8 Å². The largest absolute Gasteiger partial charge is 0.493 e. The van der Waals surface area contributed by atoms with E-state index in [1.54, 1.807) is 42.7 Å². The third-order valence-electron chi connectivity index (χ3n) is 4.30. The Morgan fingerprint density at radius 1 is 1.00 bits per heavy atom. The summed E-state index contributed by atoms with van der Waals surface area (Å²) in [5.74, 6) is 1.48. The van der Waals surface area contributed by atoms with Crippen LogP contribution in [0.15, 0.2) is 71.3 Å². The number of hydrogen-bond acceptors (Lipinski definition) is 5. The Hall–Kier alpha value is -3.74. The van der Waals surface area contributed by atoms with Crippen LogP contribution in [0, 0.1) is 5.92 Å². The Morgan fingerprint density at radius 2 is 1.81 bits per heavy atom. The third-order valence-corrected chi connectivity index (χ3v) is 4.30. The van der Waals surface area contributed by atoms with E-state index in [-0.39, 0.29) is 18.4 Å². The Balaban J connectivity index is 1.45. The molecule has 0 fully saturated rings. The zero-order chi connectivity index (χ0) is 22.1. The Morgan fingerprint density at radius 3 is 2.52 bits per heavy atom. The Kier molecular flexibility index (Phi) is 7.70. The molecule has 7 nitrogen and oxygen atoms in total. The maximum atomic E-state index is 12.2. The van der Waals surface area contributed by atoms with Crippen LogP contribution in [-0.4, -0.2) is 25.0 Å². The van der Waals surface area contributed by atoms with Gasteiger partial charge in [0.05, 0.1) is 26.0 Å². The summed E-state index contributed by atoms with van der Waals surface area (Å²) in [5, 5.41) is 8.67. The van der Waals surface area contributed by atoms with E-state index in [0.29, 0.717) is 36.1 Å². The second kappa shape index (κ2) is 10.9. The molecule has 7 heteroatoms. The highest BCUT2D eigenvalue weighted by molar-refractivity contribution is 5.96. The molecule has 2 amide bonds. The fourth-order valence-corrected chi connectivity index (χ4v) is 2.73. The molecule has 0 bridgehead atoms. The summed E-state index contributed by atoms with van der Waals surface area (Å²) in [4.78, 5) is 24.4. The van der Waals surface area contributed by atoms with Crippen molar-refractivity contribution in [2.45, 2.75) is 20.4 Å². The molecule has 3 N–H and O–H groups in total. The van der Waals surface area contributed by atoms with Gasteiger partial charge in [-0.1, -0.05) is 19.9 Å². The Labute approximate surface area is 181 Å². The predicted octanol–water partition coefficient (Wildman–Crippen LogP) is 4.30. The van der Waals surface area contributed by atoms with Gasteiger partial charge in [-0.3, -0.25) is 9.59 Å². The first-order valence-corrected chi connectivity index (χ1v) is 10.2. The summed E-state index contributed by atoms with van der Waals surface area (Å²) in [5.41, 5.74) is 1.92. The summed E-state index contributed by atoms with van der Waals surface area (Å²) in [6.45, 7) is 5.25. The summed E-state index contributed by atoms with van der Waals surface area (Å²) >= 11 is 0. The molecular formula is C24H27N3O4. The second-order valence-electron chi connectivity index (χ2n) is 7.47. The maximum absolute atomic E-state index is 12.2. The van der Waals surface area contributed by atoms with Crippen LogP contribution in [0.2, 0.25) is 0 Å². The fraction of sp³-hybridized carbons (Fsp3) is 0.250. The topological polar surface area (TPSA) is 92.6 Å². The molecule has 31 heavy (non-hydrogen) atoms. The number of nitrogens with one attached hydrogen (secondary N) is 3. The van der Waals surface area contributed by atoms with Crippen LogP contribution in [-0.2, 0) is 11.3 Å². The molecule has 0 spiro atoms. The molecule has 0 radical (unpaired) electrons. The zero-order valence-corrected chi connectivity index (χ0v) is 17.7. The summed E-state index contributed by atoms with van der Waals surface area (Å²) in [6.07, 6.45) is 1.56. The van der Waals surface area contributed by atoms with Gasteiger partial charge in [0.2, 0.25) is 5.91 Å². The van der Waals surface area contributed by atoms with Crippen molar-refractivity contribution in [1.82, 2.24) is 5.32 Å². The highest BCUT2D eigenvalue weighted by Crippen LogP contribution is 2.18. The number of anilines is 2. The van der Waals surface area contributed by atoms with Crippen molar-refractivity contribution in [3.63, 3.8) is 0 Å². The molecule has 0 atom stereocenters. The summed E-state index contributed by atoms with van der Waals surface area (Å²) in [7, 11) is 0. The molecule has 0 unspecified atom stereocenters. The molecule has 0 aliphatic carbocycles. The van der Waals surface area contributed by atoms with E-state index in [4.69, 9.17) is 9.15 Å². The Bertz CT molecular complexity index is 982.